The molecule has 0 radical (unpaired) electrons. The van der Waals surface area contributed by atoms with E-state index in [4.69, 9.17) is 4.98 Å². The van der Waals surface area contributed by atoms with E-state index in [-0.39, 0.29) is 5.41 Å². The average Bonchev–Trinajstić information content (AvgIpc) is 2.79. The van der Waals surface area contributed by atoms with Gasteiger partial charge in [-0.3, -0.25) is 0 Å². The molecule has 1 atom stereocenters. The first kappa shape index (κ1) is 14.4. The number of nitrogens with zero attached hydrogens (tertiary/aromatic N) is 1. The van der Waals surface area contributed by atoms with Gasteiger partial charge in [0.15, 0.2) is 0 Å². The van der Waals surface area contributed by atoms with Gasteiger partial charge in [-0.15, -0.1) is 11.3 Å². The average molecular weight is 284 g/mol. The second kappa shape index (κ2) is 6.40. The minimum atomic E-state index is 0.175. The van der Waals surface area contributed by atoms with Crippen LogP contribution in [0.5, 0.6) is 0 Å². The molecule has 1 fully saturated rings. The molecule has 2 heterocycles. The summed E-state index contributed by atoms with van der Waals surface area (Å²) in [4.78, 5) is 4.71. The molecule has 1 saturated heterocycles. The molecular weight excluding hydrogens is 260 g/mol. The van der Waals surface area contributed by atoms with Crippen LogP contribution in [-0.2, 0) is 12.0 Å². The normalized spacial score (nSPS) is 21.2. The van der Waals surface area contributed by atoms with Gasteiger partial charge in [-0.1, -0.05) is 27.2 Å². The molecule has 0 spiro atoms. The van der Waals surface area contributed by atoms with Crippen molar-refractivity contribution in [3.8, 4) is 0 Å². The minimum Gasteiger partial charge on any atom is -0.309 e. The number of hydrogen-bond acceptors (Lipinski definition) is 4. The van der Waals surface area contributed by atoms with Crippen LogP contribution in [-0.4, -0.2) is 22.5 Å². The highest BCUT2D eigenvalue weighted by molar-refractivity contribution is 7.99. The molecule has 2 rings (SSSR count). The number of thiazole rings is 1. The highest BCUT2D eigenvalue weighted by Gasteiger charge is 2.17. The fraction of sp³-hybridized carbons (Fsp3) is 0.786. The SMILES string of the molecule is CC(C)(C)c1csc(CNCC2CCCCS2)n1. The van der Waals surface area contributed by atoms with E-state index in [2.05, 4.69) is 43.2 Å². The van der Waals surface area contributed by atoms with Gasteiger partial charge in [-0.2, -0.15) is 11.8 Å². The molecule has 2 nitrogen and oxygen atoms in total. The van der Waals surface area contributed by atoms with E-state index in [9.17, 15) is 0 Å². The molecule has 1 N–H and O–H groups in total. The van der Waals surface area contributed by atoms with Crippen LogP contribution in [0.2, 0.25) is 0 Å². The van der Waals surface area contributed by atoms with Crippen LogP contribution in [0.25, 0.3) is 0 Å². The van der Waals surface area contributed by atoms with E-state index in [0.717, 1.165) is 18.3 Å². The Morgan fingerprint density at radius 2 is 2.22 bits per heavy atom. The molecule has 102 valence electrons. The molecule has 1 aromatic heterocycles. The number of aromatic nitrogens is 1. The summed E-state index contributed by atoms with van der Waals surface area (Å²) < 4.78 is 0. The molecule has 0 bridgehead atoms. The Morgan fingerprint density at radius 1 is 1.39 bits per heavy atom. The quantitative estimate of drug-likeness (QED) is 0.910. The van der Waals surface area contributed by atoms with E-state index in [0.29, 0.717) is 0 Å². The Hall–Kier alpha value is -0.0600. The zero-order chi connectivity index (χ0) is 13.0. The van der Waals surface area contributed by atoms with Crippen molar-refractivity contribution < 1.29 is 0 Å². The first-order chi connectivity index (χ1) is 8.55. The Kier molecular flexibility index (Phi) is 5.10. The molecule has 0 aromatic carbocycles. The lowest BCUT2D eigenvalue weighted by Crippen LogP contribution is -2.26. The van der Waals surface area contributed by atoms with E-state index in [1.54, 1.807) is 11.3 Å². The monoisotopic (exact) mass is 284 g/mol. The van der Waals surface area contributed by atoms with Gasteiger partial charge in [-0.05, 0) is 18.6 Å². The molecule has 0 amide bonds. The molecule has 0 aliphatic carbocycles. The highest BCUT2D eigenvalue weighted by atomic mass is 32.2. The Morgan fingerprint density at radius 3 is 2.83 bits per heavy atom. The number of rotatable bonds is 4. The first-order valence-electron chi connectivity index (χ1n) is 6.83. The summed E-state index contributed by atoms with van der Waals surface area (Å²) >= 11 is 3.91. The fourth-order valence-corrected chi connectivity index (χ4v) is 4.31. The topological polar surface area (TPSA) is 24.9 Å². The maximum Gasteiger partial charge on any atom is 0.107 e. The van der Waals surface area contributed by atoms with Gasteiger partial charge in [0.2, 0.25) is 0 Å². The van der Waals surface area contributed by atoms with E-state index < -0.39 is 0 Å². The van der Waals surface area contributed by atoms with Gasteiger partial charge in [0, 0.05) is 29.1 Å². The van der Waals surface area contributed by atoms with Gasteiger partial charge in [-0.25, -0.2) is 4.98 Å². The zero-order valence-corrected chi connectivity index (χ0v) is 13.3. The van der Waals surface area contributed by atoms with Crippen LogP contribution in [0.3, 0.4) is 0 Å². The fourth-order valence-electron chi connectivity index (χ4n) is 2.05. The van der Waals surface area contributed by atoms with Crippen LogP contribution in [0, 0.1) is 0 Å². The molecule has 1 aliphatic heterocycles. The molecule has 1 unspecified atom stereocenters. The molecule has 1 aliphatic rings. The summed E-state index contributed by atoms with van der Waals surface area (Å²) in [5.41, 5.74) is 1.39. The molecule has 18 heavy (non-hydrogen) atoms. The van der Waals surface area contributed by atoms with Crippen molar-refractivity contribution in [2.75, 3.05) is 12.3 Å². The Bertz CT molecular complexity index is 362. The minimum absolute atomic E-state index is 0.175. The largest absolute Gasteiger partial charge is 0.309 e. The van der Waals surface area contributed by atoms with Crippen molar-refractivity contribution >= 4 is 23.1 Å². The summed E-state index contributed by atoms with van der Waals surface area (Å²) in [5, 5.41) is 7.81. The van der Waals surface area contributed by atoms with Gasteiger partial charge >= 0.3 is 0 Å². The number of nitrogens with one attached hydrogen (secondary N) is 1. The van der Waals surface area contributed by atoms with Gasteiger partial charge in [0.25, 0.3) is 0 Å². The van der Waals surface area contributed by atoms with Crippen molar-refractivity contribution in [1.82, 2.24) is 10.3 Å². The first-order valence-corrected chi connectivity index (χ1v) is 8.76. The van der Waals surface area contributed by atoms with E-state index in [1.807, 2.05) is 0 Å². The maximum atomic E-state index is 4.71. The van der Waals surface area contributed by atoms with Gasteiger partial charge < -0.3 is 5.32 Å². The molecule has 0 saturated carbocycles. The van der Waals surface area contributed by atoms with Crippen LogP contribution >= 0.6 is 23.1 Å². The summed E-state index contributed by atoms with van der Waals surface area (Å²) in [6, 6.07) is 0. The van der Waals surface area contributed by atoms with Crippen LogP contribution in [0.1, 0.15) is 50.7 Å². The van der Waals surface area contributed by atoms with E-state index in [1.165, 1.54) is 35.7 Å². The third-order valence-electron chi connectivity index (χ3n) is 3.24. The van der Waals surface area contributed by atoms with Gasteiger partial charge in [0.1, 0.15) is 5.01 Å². The molecular formula is C14H24N2S2. The highest BCUT2D eigenvalue weighted by Crippen LogP contribution is 2.25. The number of thioether (sulfide) groups is 1. The summed E-state index contributed by atoms with van der Waals surface area (Å²) in [5.74, 6) is 1.35. The predicted octanol–water partition coefficient (Wildman–Crippen LogP) is 3.82. The smallest absolute Gasteiger partial charge is 0.107 e. The Balaban J connectivity index is 1.74. The van der Waals surface area contributed by atoms with Crippen LogP contribution in [0.4, 0.5) is 0 Å². The van der Waals surface area contributed by atoms with Crippen molar-refractivity contribution in [1.29, 1.82) is 0 Å². The van der Waals surface area contributed by atoms with Crippen LogP contribution in [0.15, 0.2) is 5.38 Å². The second-order valence-corrected chi connectivity index (χ2v) is 8.35. The Labute approximate surface area is 119 Å². The lowest BCUT2D eigenvalue weighted by molar-refractivity contribution is 0.565. The maximum absolute atomic E-state index is 4.71. The third kappa shape index (κ3) is 4.25. The molecule has 1 aromatic rings. The zero-order valence-electron chi connectivity index (χ0n) is 11.7. The van der Waals surface area contributed by atoms with Crippen LogP contribution < -0.4 is 5.32 Å². The standard InChI is InChI=1S/C14H24N2S2/c1-14(2,3)12-10-18-13(16-12)9-15-8-11-6-4-5-7-17-11/h10-11,15H,4-9H2,1-3H3. The van der Waals surface area contributed by atoms with Crippen molar-refractivity contribution in [3.63, 3.8) is 0 Å². The summed E-state index contributed by atoms with van der Waals surface area (Å²) in [6.45, 7) is 8.72. The number of hydrogen-bond donors (Lipinski definition) is 1. The van der Waals surface area contributed by atoms with Crippen molar-refractivity contribution in [2.45, 2.75) is 57.2 Å². The third-order valence-corrected chi connectivity index (χ3v) is 5.49. The van der Waals surface area contributed by atoms with Crippen molar-refractivity contribution in [2.24, 2.45) is 0 Å². The predicted molar refractivity (Wildman–Crippen MR) is 82.6 cm³/mol. The van der Waals surface area contributed by atoms with E-state index >= 15 is 0 Å². The lowest BCUT2D eigenvalue weighted by atomic mass is 9.93. The summed E-state index contributed by atoms with van der Waals surface area (Å²) in [6.07, 6.45) is 4.19. The van der Waals surface area contributed by atoms with Gasteiger partial charge in [0.05, 0.1) is 5.69 Å². The summed E-state index contributed by atoms with van der Waals surface area (Å²) in [7, 11) is 0. The molecule has 4 heteroatoms. The second-order valence-electron chi connectivity index (χ2n) is 6.00. The lowest BCUT2D eigenvalue weighted by Gasteiger charge is -2.21. The van der Waals surface area contributed by atoms with Crippen molar-refractivity contribution in [3.05, 3.63) is 16.1 Å².